The van der Waals surface area contributed by atoms with Crippen LogP contribution in [0.5, 0.6) is 0 Å². The lowest BCUT2D eigenvalue weighted by Gasteiger charge is -2.30. The van der Waals surface area contributed by atoms with Crippen LogP contribution in [0.2, 0.25) is 0 Å². The first-order chi connectivity index (χ1) is 7.55. The summed E-state index contributed by atoms with van der Waals surface area (Å²) in [7, 11) is 0. The van der Waals surface area contributed by atoms with Crippen molar-refractivity contribution in [2.75, 3.05) is 12.3 Å². The molecule has 4 nitrogen and oxygen atoms in total. The summed E-state index contributed by atoms with van der Waals surface area (Å²) in [6, 6.07) is 0. The molecular formula is C11H16N2O2S. The summed E-state index contributed by atoms with van der Waals surface area (Å²) in [4.78, 5) is 17.3. The van der Waals surface area contributed by atoms with Crippen LogP contribution >= 0.6 is 11.3 Å². The maximum absolute atomic E-state index is 11.9. The predicted molar refractivity (Wildman–Crippen MR) is 63.3 cm³/mol. The van der Waals surface area contributed by atoms with E-state index in [9.17, 15) is 4.79 Å². The average Bonchev–Trinajstić information content (AvgIpc) is 2.57. The van der Waals surface area contributed by atoms with E-state index in [0.29, 0.717) is 18.2 Å². The van der Waals surface area contributed by atoms with Crippen LogP contribution < -0.4 is 5.73 Å². The van der Waals surface area contributed by atoms with Crippen LogP contribution in [0.25, 0.3) is 0 Å². The van der Waals surface area contributed by atoms with Crippen molar-refractivity contribution in [3.05, 3.63) is 10.6 Å². The molecule has 0 amide bonds. The number of aromatic nitrogens is 1. The summed E-state index contributed by atoms with van der Waals surface area (Å²) in [5.41, 5.74) is 6.33. The summed E-state index contributed by atoms with van der Waals surface area (Å²) < 4.78 is 5.12. The van der Waals surface area contributed by atoms with Crippen molar-refractivity contribution in [3.63, 3.8) is 0 Å². The molecule has 0 saturated heterocycles. The lowest BCUT2D eigenvalue weighted by atomic mass is 9.77. The fraction of sp³-hybridized carbons (Fsp3) is 0.636. The van der Waals surface area contributed by atoms with E-state index in [-0.39, 0.29) is 5.97 Å². The minimum Gasteiger partial charge on any atom is -0.466 e. The normalized spacial score (nSPS) is 23.9. The van der Waals surface area contributed by atoms with Crippen LogP contribution in [0.1, 0.15) is 30.8 Å². The molecule has 2 N–H and O–H groups in total. The molecule has 1 aliphatic carbocycles. The van der Waals surface area contributed by atoms with E-state index in [0.717, 1.165) is 23.4 Å². The first kappa shape index (κ1) is 11.4. The monoisotopic (exact) mass is 240 g/mol. The van der Waals surface area contributed by atoms with Crippen molar-refractivity contribution in [3.8, 4) is 0 Å². The molecule has 0 aromatic carbocycles. The molecule has 0 radical (unpaired) electrons. The van der Waals surface area contributed by atoms with Crippen LogP contribution in [-0.4, -0.2) is 17.6 Å². The summed E-state index contributed by atoms with van der Waals surface area (Å²) in [5.74, 6) is -0.104. The van der Waals surface area contributed by atoms with Crippen molar-refractivity contribution >= 4 is 22.4 Å². The van der Waals surface area contributed by atoms with Gasteiger partial charge in [0.25, 0.3) is 0 Å². The zero-order valence-corrected chi connectivity index (χ0v) is 10.4. The van der Waals surface area contributed by atoms with Crippen LogP contribution in [0, 0.1) is 5.41 Å². The molecule has 1 aromatic rings. The number of thiazole rings is 1. The van der Waals surface area contributed by atoms with Gasteiger partial charge in [-0.15, -0.1) is 11.3 Å². The van der Waals surface area contributed by atoms with Crippen LogP contribution in [-0.2, 0) is 22.4 Å². The highest BCUT2D eigenvalue weighted by Gasteiger charge is 2.39. The molecule has 0 saturated carbocycles. The van der Waals surface area contributed by atoms with Crippen molar-refractivity contribution in [2.24, 2.45) is 5.41 Å². The SMILES string of the molecule is CCOC(=O)C1(C)CCc2nc(N)sc2C1. The van der Waals surface area contributed by atoms with Gasteiger partial charge >= 0.3 is 5.97 Å². The highest BCUT2D eigenvalue weighted by atomic mass is 32.1. The molecule has 5 heteroatoms. The van der Waals surface area contributed by atoms with Gasteiger partial charge in [-0.05, 0) is 33.1 Å². The fourth-order valence-electron chi connectivity index (χ4n) is 2.05. The highest BCUT2D eigenvalue weighted by Crippen LogP contribution is 2.39. The predicted octanol–water partition coefficient (Wildman–Crippen LogP) is 1.78. The largest absolute Gasteiger partial charge is 0.466 e. The Morgan fingerprint density at radius 1 is 1.69 bits per heavy atom. The van der Waals surface area contributed by atoms with Crippen molar-refractivity contribution < 1.29 is 9.53 Å². The van der Waals surface area contributed by atoms with Gasteiger partial charge in [0.05, 0.1) is 17.7 Å². The van der Waals surface area contributed by atoms with E-state index < -0.39 is 5.41 Å². The molecule has 1 aliphatic rings. The Kier molecular flexibility index (Phi) is 2.88. The molecule has 16 heavy (non-hydrogen) atoms. The fourth-order valence-corrected chi connectivity index (χ4v) is 3.12. The molecule has 1 aromatic heterocycles. The standard InChI is InChI=1S/C11H16N2O2S/c1-3-15-9(14)11(2)5-4-7-8(6-11)16-10(12)13-7/h3-6H2,1-2H3,(H2,12,13). The molecule has 1 heterocycles. The second kappa shape index (κ2) is 4.05. The number of nitrogen functional groups attached to an aromatic ring is 1. The Bertz CT molecular complexity index is 416. The van der Waals surface area contributed by atoms with E-state index in [1.54, 1.807) is 0 Å². The number of esters is 1. The van der Waals surface area contributed by atoms with E-state index in [1.807, 2.05) is 13.8 Å². The van der Waals surface area contributed by atoms with Gasteiger partial charge in [-0.25, -0.2) is 4.98 Å². The summed E-state index contributed by atoms with van der Waals surface area (Å²) in [6.07, 6.45) is 2.32. The van der Waals surface area contributed by atoms with Gasteiger partial charge in [0, 0.05) is 4.88 Å². The molecule has 2 rings (SSSR count). The third kappa shape index (κ3) is 1.91. The number of carbonyl (C=O) groups excluding carboxylic acids is 1. The molecule has 1 atom stereocenters. The average molecular weight is 240 g/mol. The Labute approximate surface area is 98.8 Å². The zero-order valence-electron chi connectivity index (χ0n) is 9.58. The number of hydrogen-bond donors (Lipinski definition) is 1. The van der Waals surface area contributed by atoms with Gasteiger partial charge in [0.1, 0.15) is 0 Å². The summed E-state index contributed by atoms with van der Waals surface area (Å²) >= 11 is 1.49. The number of fused-ring (bicyclic) bond motifs is 1. The first-order valence-corrected chi connectivity index (χ1v) is 6.28. The maximum atomic E-state index is 11.9. The van der Waals surface area contributed by atoms with E-state index >= 15 is 0 Å². The summed E-state index contributed by atoms with van der Waals surface area (Å²) in [6.45, 7) is 4.23. The van der Waals surface area contributed by atoms with E-state index in [1.165, 1.54) is 11.3 Å². The Morgan fingerprint density at radius 3 is 3.12 bits per heavy atom. The molecule has 0 aliphatic heterocycles. The quantitative estimate of drug-likeness (QED) is 0.800. The van der Waals surface area contributed by atoms with E-state index in [4.69, 9.17) is 10.5 Å². The van der Waals surface area contributed by atoms with Gasteiger partial charge in [-0.2, -0.15) is 0 Å². The first-order valence-electron chi connectivity index (χ1n) is 5.46. The van der Waals surface area contributed by atoms with Gasteiger partial charge in [0.15, 0.2) is 5.13 Å². The van der Waals surface area contributed by atoms with E-state index in [2.05, 4.69) is 4.98 Å². The minimum atomic E-state index is -0.401. The smallest absolute Gasteiger partial charge is 0.312 e. The Balaban J connectivity index is 2.20. The lowest BCUT2D eigenvalue weighted by Crippen LogP contribution is -2.35. The molecule has 1 unspecified atom stereocenters. The number of nitrogens with two attached hydrogens (primary N) is 1. The van der Waals surface area contributed by atoms with Crippen LogP contribution in [0.15, 0.2) is 0 Å². The number of carbonyl (C=O) groups is 1. The number of rotatable bonds is 2. The third-order valence-electron chi connectivity index (χ3n) is 3.03. The highest BCUT2D eigenvalue weighted by molar-refractivity contribution is 7.15. The topological polar surface area (TPSA) is 65.2 Å². The Hall–Kier alpha value is -1.10. The van der Waals surface area contributed by atoms with Gasteiger partial charge in [-0.1, -0.05) is 0 Å². The molecule has 0 bridgehead atoms. The molecule has 0 spiro atoms. The van der Waals surface area contributed by atoms with Crippen LogP contribution in [0.3, 0.4) is 0 Å². The number of hydrogen-bond acceptors (Lipinski definition) is 5. The van der Waals surface area contributed by atoms with Crippen molar-refractivity contribution in [2.45, 2.75) is 33.1 Å². The maximum Gasteiger partial charge on any atom is 0.312 e. The Morgan fingerprint density at radius 2 is 2.44 bits per heavy atom. The van der Waals surface area contributed by atoms with Gasteiger partial charge in [-0.3, -0.25) is 4.79 Å². The third-order valence-corrected chi connectivity index (χ3v) is 3.95. The minimum absolute atomic E-state index is 0.104. The number of aryl methyl sites for hydroxylation is 1. The van der Waals surface area contributed by atoms with Crippen molar-refractivity contribution in [1.82, 2.24) is 4.98 Å². The number of ether oxygens (including phenoxy) is 1. The molecular weight excluding hydrogens is 224 g/mol. The van der Waals surface area contributed by atoms with Crippen molar-refractivity contribution in [1.29, 1.82) is 0 Å². The van der Waals surface area contributed by atoms with Gasteiger partial charge in [0.2, 0.25) is 0 Å². The van der Waals surface area contributed by atoms with Crippen LogP contribution in [0.4, 0.5) is 5.13 Å². The second-order valence-electron chi connectivity index (χ2n) is 4.38. The zero-order chi connectivity index (χ0) is 11.8. The summed E-state index contributed by atoms with van der Waals surface area (Å²) in [5, 5.41) is 0.595. The number of nitrogens with zero attached hydrogens (tertiary/aromatic N) is 1. The lowest BCUT2D eigenvalue weighted by molar-refractivity contribution is -0.155. The molecule has 88 valence electrons. The number of anilines is 1. The second-order valence-corrected chi connectivity index (χ2v) is 5.50. The molecule has 0 fully saturated rings. The van der Waals surface area contributed by atoms with Gasteiger partial charge < -0.3 is 10.5 Å².